The summed E-state index contributed by atoms with van der Waals surface area (Å²) in [5.41, 5.74) is 1.35. The maximum atomic E-state index is 11.2. The third-order valence-corrected chi connectivity index (χ3v) is 2.36. The zero-order valence-corrected chi connectivity index (χ0v) is 8.54. The highest BCUT2D eigenvalue weighted by atomic mass is 35.5. The lowest BCUT2D eigenvalue weighted by Gasteiger charge is -1.95. The average Bonchev–Trinajstić information content (AvgIpc) is 2.49. The highest BCUT2D eigenvalue weighted by molar-refractivity contribution is 6.30. The fraction of sp³-hybridized carbons (Fsp3) is 0.0909. The molecule has 2 rings (SSSR count). The van der Waals surface area contributed by atoms with Gasteiger partial charge in [-0.1, -0.05) is 23.7 Å². The number of amides is 2. The van der Waals surface area contributed by atoms with Crippen LogP contribution in [0.25, 0.3) is 6.08 Å². The molecule has 1 heterocycles. The number of hydrogen-bond donors (Lipinski definition) is 1. The molecule has 0 atom stereocenters. The van der Waals surface area contributed by atoms with Crippen molar-refractivity contribution in [1.82, 2.24) is 5.32 Å². The molecule has 0 unspecified atom stereocenters. The van der Waals surface area contributed by atoms with Gasteiger partial charge in [0.15, 0.2) is 0 Å². The summed E-state index contributed by atoms with van der Waals surface area (Å²) in [4.78, 5) is 22.1. The van der Waals surface area contributed by atoms with Crippen molar-refractivity contribution in [2.45, 2.75) is 6.42 Å². The van der Waals surface area contributed by atoms with E-state index in [9.17, 15) is 9.59 Å². The van der Waals surface area contributed by atoms with Crippen molar-refractivity contribution < 1.29 is 9.59 Å². The molecule has 1 aliphatic rings. The zero-order chi connectivity index (χ0) is 10.8. The molecular formula is C11H8ClNO2. The van der Waals surface area contributed by atoms with Gasteiger partial charge in [0.05, 0.1) is 6.42 Å². The van der Waals surface area contributed by atoms with E-state index < -0.39 is 0 Å². The molecule has 1 saturated heterocycles. The van der Waals surface area contributed by atoms with Gasteiger partial charge < -0.3 is 0 Å². The van der Waals surface area contributed by atoms with Gasteiger partial charge >= 0.3 is 0 Å². The number of hydrogen-bond acceptors (Lipinski definition) is 2. The fourth-order valence-corrected chi connectivity index (χ4v) is 1.51. The highest BCUT2D eigenvalue weighted by Crippen LogP contribution is 2.16. The van der Waals surface area contributed by atoms with Crippen LogP contribution in [0.3, 0.4) is 0 Å². The number of nitrogens with one attached hydrogen (secondary N) is 1. The standard InChI is InChI=1S/C11H8ClNO2/c12-9-3-1-7(2-4-9)5-8-6-10(14)13-11(8)15/h1-5H,6H2,(H,13,14,15)/b8-5+. The summed E-state index contributed by atoms with van der Waals surface area (Å²) in [7, 11) is 0. The first-order chi connectivity index (χ1) is 7.15. The predicted molar refractivity (Wildman–Crippen MR) is 57.2 cm³/mol. The summed E-state index contributed by atoms with van der Waals surface area (Å²) >= 11 is 5.73. The minimum atomic E-state index is -0.310. The molecule has 1 N–H and O–H groups in total. The smallest absolute Gasteiger partial charge is 0.254 e. The number of benzene rings is 1. The summed E-state index contributed by atoms with van der Waals surface area (Å²) in [5, 5.41) is 2.87. The van der Waals surface area contributed by atoms with Crippen LogP contribution in [0.15, 0.2) is 29.8 Å². The Morgan fingerprint density at radius 3 is 2.40 bits per heavy atom. The molecule has 76 valence electrons. The van der Waals surface area contributed by atoms with E-state index in [1.54, 1.807) is 30.3 Å². The maximum absolute atomic E-state index is 11.2. The minimum absolute atomic E-state index is 0.154. The predicted octanol–water partition coefficient (Wildman–Crippen LogP) is 1.77. The Morgan fingerprint density at radius 1 is 1.20 bits per heavy atom. The van der Waals surface area contributed by atoms with Crippen LogP contribution < -0.4 is 5.32 Å². The molecule has 0 aromatic heterocycles. The molecular weight excluding hydrogens is 214 g/mol. The molecule has 4 heteroatoms. The lowest BCUT2D eigenvalue weighted by atomic mass is 10.1. The van der Waals surface area contributed by atoms with Crippen molar-refractivity contribution in [2.75, 3.05) is 0 Å². The summed E-state index contributed by atoms with van der Waals surface area (Å²) in [6, 6.07) is 7.07. The second kappa shape index (κ2) is 3.87. The minimum Gasteiger partial charge on any atom is -0.292 e. The van der Waals surface area contributed by atoms with E-state index in [1.807, 2.05) is 0 Å². The largest absolute Gasteiger partial charge is 0.292 e. The average molecular weight is 222 g/mol. The molecule has 3 nitrogen and oxygen atoms in total. The Kier molecular flexibility index (Phi) is 2.56. The second-order valence-corrected chi connectivity index (χ2v) is 3.71. The van der Waals surface area contributed by atoms with E-state index in [4.69, 9.17) is 11.6 Å². The Balaban J connectivity index is 2.27. The van der Waals surface area contributed by atoms with Crippen LogP contribution in [0.5, 0.6) is 0 Å². The van der Waals surface area contributed by atoms with Gasteiger partial charge in [-0.2, -0.15) is 0 Å². The van der Waals surface area contributed by atoms with Gasteiger partial charge in [-0.15, -0.1) is 0 Å². The molecule has 1 aromatic carbocycles. The molecule has 1 aliphatic heterocycles. The van der Waals surface area contributed by atoms with Crippen molar-refractivity contribution in [1.29, 1.82) is 0 Å². The monoisotopic (exact) mass is 221 g/mol. The van der Waals surface area contributed by atoms with Crippen LogP contribution >= 0.6 is 11.6 Å². The van der Waals surface area contributed by atoms with Crippen molar-refractivity contribution in [3.63, 3.8) is 0 Å². The van der Waals surface area contributed by atoms with Crippen LogP contribution in [0.2, 0.25) is 5.02 Å². The Labute approximate surface area is 91.7 Å². The third kappa shape index (κ3) is 2.25. The van der Waals surface area contributed by atoms with Gasteiger partial charge in [0, 0.05) is 10.6 Å². The Morgan fingerprint density at radius 2 is 1.87 bits per heavy atom. The molecule has 1 fully saturated rings. The van der Waals surface area contributed by atoms with Gasteiger partial charge in [-0.25, -0.2) is 0 Å². The van der Waals surface area contributed by atoms with Gasteiger partial charge in [-0.05, 0) is 23.8 Å². The SMILES string of the molecule is O=C1C/C(=C\c2ccc(Cl)cc2)C(=O)N1. The first-order valence-electron chi connectivity index (χ1n) is 4.45. The molecule has 0 radical (unpaired) electrons. The van der Waals surface area contributed by atoms with Gasteiger partial charge in [0.1, 0.15) is 0 Å². The van der Waals surface area contributed by atoms with Gasteiger partial charge in [-0.3, -0.25) is 14.9 Å². The van der Waals surface area contributed by atoms with Crippen LogP contribution in [0.4, 0.5) is 0 Å². The lowest BCUT2D eigenvalue weighted by Crippen LogP contribution is -2.19. The lowest BCUT2D eigenvalue weighted by molar-refractivity contribution is -0.124. The maximum Gasteiger partial charge on any atom is 0.254 e. The quantitative estimate of drug-likeness (QED) is 0.580. The summed E-state index contributed by atoms with van der Waals surface area (Å²) in [5.74, 6) is -0.560. The molecule has 2 amide bonds. The number of halogens is 1. The van der Waals surface area contributed by atoms with E-state index >= 15 is 0 Å². The van der Waals surface area contributed by atoms with Gasteiger partial charge in [0.25, 0.3) is 5.91 Å². The van der Waals surface area contributed by atoms with E-state index in [2.05, 4.69) is 5.32 Å². The molecule has 0 aliphatic carbocycles. The zero-order valence-electron chi connectivity index (χ0n) is 7.79. The second-order valence-electron chi connectivity index (χ2n) is 3.28. The van der Waals surface area contributed by atoms with E-state index in [0.717, 1.165) is 5.56 Å². The first-order valence-corrected chi connectivity index (χ1v) is 4.83. The number of carbonyl (C=O) groups excluding carboxylic acids is 2. The summed E-state index contributed by atoms with van der Waals surface area (Å²) in [6.45, 7) is 0. The Hall–Kier alpha value is -1.61. The molecule has 0 saturated carbocycles. The van der Waals surface area contributed by atoms with E-state index in [1.165, 1.54) is 0 Å². The van der Waals surface area contributed by atoms with Gasteiger partial charge in [0.2, 0.25) is 5.91 Å². The normalized spacial score (nSPS) is 18.3. The van der Waals surface area contributed by atoms with Crippen molar-refractivity contribution in [2.24, 2.45) is 0 Å². The van der Waals surface area contributed by atoms with Crippen LogP contribution in [0, 0.1) is 0 Å². The van der Waals surface area contributed by atoms with Crippen molar-refractivity contribution >= 4 is 29.5 Å². The van der Waals surface area contributed by atoms with E-state index in [-0.39, 0.29) is 18.2 Å². The number of imide groups is 1. The van der Waals surface area contributed by atoms with Crippen LogP contribution in [-0.4, -0.2) is 11.8 Å². The van der Waals surface area contributed by atoms with Crippen LogP contribution in [-0.2, 0) is 9.59 Å². The molecule has 1 aromatic rings. The number of carbonyl (C=O) groups is 2. The number of rotatable bonds is 1. The third-order valence-electron chi connectivity index (χ3n) is 2.11. The van der Waals surface area contributed by atoms with Crippen molar-refractivity contribution in [3.05, 3.63) is 40.4 Å². The van der Waals surface area contributed by atoms with Crippen LogP contribution in [0.1, 0.15) is 12.0 Å². The highest BCUT2D eigenvalue weighted by Gasteiger charge is 2.23. The summed E-state index contributed by atoms with van der Waals surface area (Å²) in [6.07, 6.45) is 1.85. The first kappa shape index (κ1) is 9.93. The fourth-order valence-electron chi connectivity index (χ4n) is 1.38. The van der Waals surface area contributed by atoms with Crippen molar-refractivity contribution in [3.8, 4) is 0 Å². The molecule has 15 heavy (non-hydrogen) atoms. The molecule has 0 spiro atoms. The topological polar surface area (TPSA) is 46.2 Å². The summed E-state index contributed by atoms with van der Waals surface area (Å²) < 4.78 is 0. The Bertz CT molecular complexity index is 448. The molecule has 0 bridgehead atoms. The van der Waals surface area contributed by atoms with E-state index in [0.29, 0.717) is 10.6 Å².